The summed E-state index contributed by atoms with van der Waals surface area (Å²) in [7, 11) is -0.123. The van der Waals surface area contributed by atoms with Crippen molar-refractivity contribution in [2.24, 2.45) is 0 Å². The Balaban J connectivity index is 2.50. The smallest absolute Gasteiger partial charge is 0.488 e. The van der Waals surface area contributed by atoms with Gasteiger partial charge < -0.3 is 19.9 Å². The topological polar surface area (TPSA) is 98.3 Å². The van der Waals surface area contributed by atoms with E-state index in [1.165, 1.54) is 25.3 Å². The molecule has 0 spiro atoms. The van der Waals surface area contributed by atoms with Gasteiger partial charge in [-0.05, 0) is 36.2 Å². The average Bonchev–Trinajstić information content (AvgIpc) is 2.70. The minimum absolute atomic E-state index is 0.112. The van der Waals surface area contributed by atoms with Crippen LogP contribution in [-0.4, -0.2) is 35.4 Å². The van der Waals surface area contributed by atoms with E-state index in [1.807, 2.05) is 0 Å². The van der Waals surface area contributed by atoms with E-state index in [1.54, 1.807) is 43.3 Å². The Morgan fingerprint density at radius 1 is 1.14 bits per heavy atom. The van der Waals surface area contributed by atoms with E-state index in [9.17, 15) is 19.9 Å². The fraction of sp³-hybridized carbons (Fsp3) is 0.0909. The number of aliphatic carboxylic acids is 1. The van der Waals surface area contributed by atoms with Gasteiger partial charge in [-0.3, -0.25) is 0 Å². The molecule has 3 N–H and O–H groups in total. The monoisotopic (exact) mass is 391 g/mol. The van der Waals surface area contributed by atoms with Crippen LogP contribution in [0, 0.1) is 0 Å². The van der Waals surface area contributed by atoms with Gasteiger partial charge in [0.1, 0.15) is 5.75 Å². The van der Waals surface area contributed by atoms with Gasteiger partial charge in [-0.15, -0.1) is 0 Å². The second-order valence-corrected chi connectivity index (χ2v) is 6.29. The van der Waals surface area contributed by atoms with Crippen molar-refractivity contribution in [2.45, 2.75) is 6.92 Å². The van der Waals surface area contributed by atoms with Gasteiger partial charge in [0, 0.05) is 11.6 Å². The molecule has 0 fully saturated rings. The van der Waals surface area contributed by atoms with Crippen molar-refractivity contribution in [3.8, 4) is 5.75 Å². The van der Waals surface area contributed by atoms with Crippen LogP contribution in [0.15, 0.2) is 71.2 Å². The van der Waals surface area contributed by atoms with Crippen LogP contribution in [-0.2, 0) is 4.79 Å². The van der Waals surface area contributed by atoms with E-state index in [-0.39, 0.29) is 11.0 Å². The zero-order valence-corrected chi connectivity index (χ0v) is 16.0. The van der Waals surface area contributed by atoms with Gasteiger partial charge >= 0.3 is 24.3 Å². The number of carboxylic acid groups (broad SMARTS) is 1. The summed E-state index contributed by atoms with van der Waals surface area (Å²) in [5.74, 6) is -0.498. The lowest BCUT2D eigenvalue weighted by Gasteiger charge is -2.12. The molecule has 0 amide bonds. The number of hydrogen-bond acceptors (Lipinski definition) is 4. The number of fused-ring (bicyclic) bond motifs is 2. The molecule has 2 aromatic carbocycles. The third-order valence-electron chi connectivity index (χ3n) is 4.61. The first-order valence-electron chi connectivity index (χ1n) is 8.88. The molecule has 0 unspecified atom stereocenters. The Bertz CT molecular complexity index is 1180. The average molecular weight is 391 g/mol. The SMILES string of the molecule is C=C/C=C(\C(=C/C)C(=O)O)c1c2ccc(OC)cc2[o+]c2cc(B(O)O)ccc12. The van der Waals surface area contributed by atoms with Crippen molar-refractivity contribution in [1.82, 2.24) is 0 Å². The Morgan fingerprint density at radius 3 is 2.34 bits per heavy atom. The summed E-state index contributed by atoms with van der Waals surface area (Å²) in [4.78, 5) is 11.9. The molecule has 1 aromatic heterocycles. The standard InChI is InChI=1S/C22H19BO6/c1-4-6-16(15(5-2)22(24)25)21-17-9-7-13(23(26)27)11-19(17)29-20-12-14(28-3)8-10-18(20)21/h4-12,26-27H,1H2,2-3H3/p+1/b15-5+,16-6+. The number of carbonyl (C=O) groups is 1. The molecule has 146 valence electrons. The van der Waals surface area contributed by atoms with Crippen LogP contribution in [0.1, 0.15) is 12.5 Å². The molecule has 0 saturated carbocycles. The van der Waals surface area contributed by atoms with Crippen LogP contribution in [0.4, 0.5) is 0 Å². The minimum atomic E-state index is -1.66. The second-order valence-electron chi connectivity index (χ2n) is 6.29. The first-order valence-corrected chi connectivity index (χ1v) is 8.88. The Labute approximate surface area is 167 Å². The molecule has 0 saturated heterocycles. The van der Waals surface area contributed by atoms with E-state index in [2.05, 4.69) is 6.58 Å². The maximum atomic E-state index is 11.9. The van der Waals surface area contributed by atoms with Crippen molar-refractivity contribution >= 4 is 46.1 Å². The van der Waals surface area contributed by atoms with Gasteiger partial charge in [-0.1, -0.05) is 30.9 Å². The van der Waals surface area contributed by atoms with E-state index in [4.69, 9.17) is 9.15 Å². The fourth-order valence-corrected chi connectivity index (χ4v) is 3.28. The molecule has 0 aliphatic heterocycles. The molecule has 7 heteroatoms. The highest BCUT2D eigenvalue weighted by molar-refractivity contribution is 6.58. The molecule has 3 aromatic rings. The number of rotatable bonds is 6. The van der Waals surface area contributed by atoms with Crippen molar-refractivity contribution in [1.29, 1.82) is 0 Å². The molecular weight excluding hydrogens is 371 g/mol. The molecule has 0 radical (unpaired) electrons. The predicted molar refractivity (Wildman–Crippen MR) is 114 cm³/mol. The first-order chi connectivity index (χ1) is 13.9. The summed E-state index contributed by atoms with van der Waals surface area (Å²) in [6.45, 7) is 5.37. The first kappa shape index (κ1) is 20.3. The molecular formula is C22H20BO6+. The quantitative estimate of drug-likeness (QED) is 0.196. The van der Waals surface area contributed by atoms with Crippen molar-refractivity contribution in [3.63, 3.8) is 0 Å². The van der Waals surface area contributed by atoms with Crippen LogP contribution in [0.2, 0.25) is 0 Å². The second kappa shape index (κ2) is 8.30. The number of allylic oxidation sites excluding steroid dienone is 3. The number of hydrogen-bond donors (Lipinski definition) is 3. The van der Waals surface area contributed by atoms with Gasteiger partial charge in [0.25, 0.3) is 0 Å². The Morgan fingerprint density at radius 2 is 1.79 bits per heavy atom. The molecule has 0 aliphatic rings. The maximum Gasteiger partial charge on any atom is 0.488 e. The largest absolute Gasteiger partial charge is 0.496 e. The van der Waals surface area contributed by atoms with Crippen molar-refractivity contribution < 1.29 is 29.1 Å². The molecule has 6 nitrogen and oxygen atoms in total. The zero-order chi connectivity index (χ0) is 21.1. The molecule has 29 heavy (non-hydrogen) atoms. The highest BCUT2D eigenvalue weighted by Crippen LogP contribution is 2.37. The molecule has 1 heterocycles. The summed E-state index contributed by atoms with van der Waals surface area (Å²) < 4.78 is 11.3. The maximum absolute atomic E-state index is 11.9. The lowest BCUT2D eigenvalue weighted by molar-refractivity contribution is -0.132. The van der Waals surface area contributed by atoms with Crippen LogP contribution in [0.25, 0.3) is 27.5 Å². The van der Waals surface area contributed by atoms with Gasteiger partial charge in [-0.25, -0.2) is 9.21 Å². The lowest BCUT2D eigenvalue weighted by atomic mass is 9.79. The van der Waals surface area contributed by atoms with Crippen LogP contribution < -0.4 is 10.2 Å². The number of ether oxygens (including phenoxy) is 1. The molecule has 3 rings (SSSR count). The van der Waals surface area contributed by atoms with Crippen LogP contribution in [0.5, 0.6) is 5.75 Å². The summed E-state index contributed by atoms with van der Waals surface area (Å²) in [5.41, 5.74) is 2.31. The summed E-state index contributed by atoms with van der Waals surface area (Å²) in [6.07, 6.45) is 4.69. The van der Waals surface area contributed by atoms with Crippen molar-refractivity contribution in [3.05, 3.63) is 72.3 Å². The van der Waals surface area contributed by atoms with Gasteiger partial charge in [-0.2, -0.15) is 0 Å². The van der Waals surface area contributed by atoms with E-state index < -0.39 is 13.1 Å². The minimum Gasteiger partial charge on any atom is -0.496 e. The molecule has 0 atom stereocenters. The van der Waals surface area contributed by atoms with Crippen molar-refractivity contribution in [2.75, 3.05) is 7.11 Å². The molecule has 0 aliphatic carbocycles. The fourth-order valence-electron chi connectivity index (χ4n) is 3.28. The highest BCUT2D eigenvalue weighted by atomic mass is 16.5. The normalized spacial score (nSPS) is 12.3. The molecule has 0 bridgehead atoms. The van der Waals surface area contributed by atoms with Gasteiger partial charge in [0.05, 0.1) is 29.5 Å². The number of carboxylic acids is 1. The van der Waals surface area contributed by atoms with Crippen LogP contribution >= 0.6 is 0 Å². The third kappa shape index (κ3) is 3.78. The third-order valence-corrected chi connectivity index (χ3v) is 4.61. The zero-order valence-electron chi connectivity index (χ0n) is 16.0. The Kier molecular flexibility index (Phi) is 5.82. The van der Waals surface area contributed by atoms with Crippen LogP contribution in [0.3, 0.4) is 0 Å². The van der Waals surface area contributed by atoms with Gasteiger partial charge in [0.15, 0.2) is 0 Å². The number of benzene rings is 2. The lowest BCUT2D eigenvalue weighted by Crippen LogP contribution is -2.29. The summed E-state index contributed by atoms with van der Waals surface area (Å²) >= 11 is 0. The predicted octanol–water partition coefficient (Wildman–Crippen LogP) is 3.16. The summed E-state index contributed by atoms with van der Waals surface area (Å²) in [5, 5.41) is 30.1. The number of methoxy groups -OCH3 is 1. The van der Waals surface area contributed by atoms with E-state index in [0.717, 1.165) is 0 Å². The highest BCUT2D eigenvalue weighted by Gasteiger charge is 2.26. The van der Waals surface area contributed by atoms with E-state index >= 15 is 0 Å². The Hall–Kier alpha value is -3.42. The summed E-state index contributed by atoms with van der Waals surface area (Å²) in [6, 6.07) is 10.0. The van der Waals surface area contributed by atoms with Gasteiger partial charge in [0.2, 0.25) is 0 Å². The van der Waals surface area contributed by atoms with E-state index in [0.29, 0.717) is 38.8 Å².